The highest BCUT2D eigenvalue weighted by Gasteiger charge is 2.10. The Hall–Kier alpha value is -2.20. The first-order valence-electron chi connectivity index (χ1n) is 7.91. The molecule has 23 heavy (non-hydrogen) atoms. The highest BCUT2D eigenvalue weighted by atomic mass is 16.2. The maximum Gasteiger partial charge on any atom is 0.238 e. The maximum atomic E-state index is 12.3. The first-order valence-corrected chi connectivity index (χ1v) is 7.91. The largest absolute Gasteiger partial charge is 0.324 e. The molecule has 1 heterocycles. The number of pyridine rings is 1. The molecule has 0 spiro atoms. The Balaban J connectivity index is 1.87. The summed E-state index contributed by atoms with van der Waals surface area (Å²) in [6.45, 7) is 7.35. The quantitative estimate of drug-likeness (QED) is 0.891. The van der Waals surface area contributed by atoms with Crippen LogP contribution in [0.3, 0.4) is 0 Å². The van der Waals surface area contributed by atoms with E-state index >= 15 is 0 Å². The first kappa shape index (κ1) is 17.2. The summed E-state index contributed by atoms with van der Waals surface area (Å²) in [6.07, 6.45) is 4.50. The van der Waals surface area contributed by atoms with Gasteiger partial charge in [-0.15, -0.1) is 0 Å². The van der Waals surface area contributed by atoms with Crippen molar-refractivity contribution in [3.8, 4) is 0 Å². The van der Waals surface area contributed by atoms with E-state index in [0.717, 1.165) is 29.8 Å². The van der Waals surface area contributed by atoms with Gasteiger partial charge in [0.05, 0.1) is 6.54 Å². The summed E-state index contributed by atoms with van der Waals surface area (Å²) >= 11 is 0. The average Bonchev–Trinajstić information content (AvgIpc) is 2.50. The van der Waals surface area contributed by atoms with Gasteiger partial charge in [0.2, 0.25) is 5.91 Å². The lowest BCUT2D eigenvalue weighted by molar-refractivity contribution is -0.117. The summed E-state index contributed by atoms with van der Waals surface area (Å²) in [5, 5.41) is 3.04. The molecule has 122 valence electrons. The Bertz CT molecular complexity index is 645. The second kappa shape index (κ2) is 7.88. The number of amides is 1. The summed E-state index contributed by atoms with van der Waals surface area (Å²) in [6, 6.07) is 8.20. The van der Waals surface area contributed by atoms with Gasteiger partial charge in [0.1, 0.15) is 0 Å². The Kier molecular flexibility index (Phi) is 5.88. The minimum Gasteiger partial charge on any atom is -0.324 e. The van der Waals surface area contributed by atoms with E-state index in [9.17, 15) is 4.79 Å². The molecule has 0 aliphatic carbocycles. The number of aryl methyl sites for hydroxylation is 3. The molecule has 1 N–H and O–H groups in total. The van der Waals surface area contributed by atoms with Gasteiger partial charge in [-0.2, -0.15) is 0 Å². The second-order valence-electron chi connectivity index (χ2n) is 6.17. The average molecular weight is 311 g/mol. The van der Waals surface area contributed by atoms with Gasteiger partial charge in [-0.25, -0.2) is 0 Å². The Labute approximate surface area is 138 Å². The van der Waals surface area contributed by atoms with Gasteiger partial charge in [-0.05, 0) is 63.1 Å². The molecule has 4 heteroatoms. The summed E-state index contributed by atoms with van der Waals surface area (Å²) in [4.78, 5) is 18.3. The van der Waals surface area contributed by atoms with Crippen molar-refractivity contribution in [2.75, 3.05) is 25.5 Å². The van der Waals surface area contributed by atoms with Crippen molar-refractivity contribution in [2.24, 2.45) is 0 Å². The van der Waals surface area contributed by atoms with Crippen molar-refractivity contribution in [3.63, 3.8) is 0 Å². The van der Waals surface area contributed by atoms with E-state index < -0.39 is 0 Å². The number of nitrogens with zero attached hydrogens (tertiary/aromatic N) is 2. The van der Waals surface area contributed by atoms with Crippen LogP contribution in [0.1, 0.15) is 22.3 Å². The number of nitrogens with one attached hydrogen (secondary N) is 1. The first-order chi connectivity index (χ1) is 11.0. The molecule has 0 bridgehead atoms. The van der Waals surface area contributed by atoms with Crippen molar-refractivity contribution in [1.82, 2.24) is 9.88 Å². The highest BCUT2D eigenvalue weighted by Crippen LogP contribution is 2.21. The van der Waals surface area contributed by atoms with Crippen LogP contribution in [0.25, 0.3) is 0 Å². The number of benzene rings is 1. The van der Waals surface area contributed by atoms with Crippen LogP contribution >= 0.6 is 0 Å². The number of aromatic nitrogens is 1. The van der Waals surface area contributed by atoms with Gasteiger partial charge in [0, 0.05) is 24.6 Å². The number of carbonyl (C=O) groups is 1. The Morgan fingerprint density at radius 3 is 2.35 bits per heavy atom. The highest BCUT2D eigenvalue weighted by molar-refractivity contribution is 5.93. The molecule has 0 fully saturated rings. The molecule has 0 saturated carbocycles. The third-order valence-electron chi connectivity index (χ3n) is 3.89. The zero-order valence-electron chi connectivity index (χ0n) is 14.4. The summed E-state index contributed by atoms with van der Waals surface area (Å²) in [5.41, 5.74) is 5.60. The number of carbonyl (C=O) groups excluding carboxylic acids is 1. The van der Waals surface area contributed by atoms with Crippen molar-refractivity contribution in [1.29, 1.82) is 0 Å². The topological polar surface area (TPSA) is 45.2 Å². The Morgan fingerprint density at radius 1 is 1.13 bits per heavy atom. The van der Waals surface area contributed by atoms with Crippen molar-refractivity contribution in [2.45, 2.75) is 27.2 Å². The van der Waals surface area contributed by atoms with Gasteiger partial charge in [0.15, 0.2) is 0 Å². The van der Waals surface area contributed by atoms with Crippen molar-refractivity contribution in [3.05, 3.63) is 58.9 Å². The summed E-state index contributed by atoms with van der Waals surface area (Å²) in [7, 11) is 1.97. The van der Waals surface area contributed by atoms with Crippen LogP contribution in [0.2, 0.25) is 0 Å². The van der Waals surface area contributed by atoms with E-state index in [1.807, 2.05) is 37.9 Å². The van der Waals surface area contributed by atoms with E-state index in [-0.39, 0.29) is 5.91 Å². The van der Waals surface area contributed by atoms with Crippen LogP contribution in [0.15, 0.2) is 36.7 Å². The second-order valence-corrected chi connectivity index (χ2v) is 6.17. The standard InChI is InChI=1S/C19H25N3O/c1-14-11-15(2)19(16(3)12-14)21-18(23)13-22(4)10-7-17-5-8-20-9-6-17/h5-6,8-9,11-12H,7,10,13H2,1-4H3,(H,21,23). The van der Waals surface area contributed by atoms with E-state index in [4.69, 9.17) is 0 Å². The van der Waals surface area contributed by atoms with E-state index in [1.54, 1.807) is 12.4 Å². The number of anilines is 1. The summed E-state index contributed by atoms with van der Waals surface area (Å²) in [5.74, 6) is 0.0253. The van der Waals surface area contributed by atoms with Crippen LogP contribution < -0.4 is 5.32 Å². The van der Waals surface area contributed by atoms with Gasteiger partial charge in [0.25, 0.3) is 0 Å². The number of rotatable bonds is 6. The number of likely N-dealkylation sites (N-methyl/N-ethyl adjacent to an activating group) is 1. The van der Waals surface area contributed by atoms with Crippen molar-refractivity contribution < 1.29 is 4.79 Å². The van der Waals surface area contributed by atoms with Gasteiger partial charge in [-0.1, -0.05) is 17.7 Å². The zero-order chi connectivity index (χ0) is 16.8. The monoisotopic (exact) mass is 311 g/mol. The van der Waals surface area contributed by atoms with Crippen molar-refractivity contribution >= 4 is 11.6 Å². The molecule has 1 aromatic carbocycles. The van der Waals surface area contributed by atoms with Crippen LogP contribution in [-0.4, -0.2) is 35.9 Å². The van der Waals surface area contributed by atoms with Gasteiger partial charge >= 0.3 is 0 Å². The SMILES string of the molecule is Cc1cc(C)c(NC(=O)CN(C)CCc2ccncc2)c(C)c1. The molecule has 0 atom stereocenters. The smallest absolute Gasteiger partial charge is 0.238 e. The fraction of sp³-hybridized carbons (Fsp3) is 0.368. The lowest BCUT2D eigenvalue weighted by Crippen LogP contribution is -2.32. The number of hydrogen-bond acceptors (Lipinski definition) is 3. The Morgan fingerprint density at radius 2 is 1.74 bits per heavy atom. The van der Waals surface area contributed by atoms with Crippen LogP contribution in [0.5, 0.6) is 0 Å². The molecule has 0 radical (unpaired) electrons. The molecular formula is C19H25N3O. The third-order valence-corrected chi connectivity index (χ3v) is 3.89. The lowest BCUT2D eigenvalue weighted by atomic mass is 10.1. The molecule has 2 aromatic rings. The zero-order valence-corrected chi connectivity index (χ0v) is 14.4. The third kappa shape index (κ3) is 5.18. The normalized spacial score (nSPS) is 10.8. The fourth-order valence-corrected chi connectivity index (χ4v) is 2.75. The predicted molar refractivity (Wildman–Crippen MR) is 94.7 cm³/mol. The molecule has 2 rings (SSSR count). The van der Waals surface area contributed by atoms with Crippen LogP contribution in [0, 0.1) is 20.8 Å². The molecule has 4 nitrogen and oxygen atoms in total. The maximum absolute atomic E-state index is 12.3. The minimum absolute atomic E-state index is 0.0253. The fourth-order valence-electron chi connectivity index (χ4n) is 2.75. The van der Waals surface area contributed by atoms with Gasteiger partial charge < -0.3 is 5.32 Å². The molecular weight excluding hydrogens is 286 g/mol. The minimum atomic E-state index is 0.0253. The summed E-state index contributed by atoms with van der Waals surface area (Å²) < 4.78 is 0. The molecule has 0 aliphatic rings. The molecule has 1 aromatic heterocycles. The number of hydrogen-bond donors (Lipinski definition) is 1. The van der Waals surface area contributed by atoms with Crippen LogP contribution in [0.4, 0.5) is 5.69 Å². The molecule has 0 aliphatic heterocycles. The molecule has 0 unspecified atom stereocenters. The van der Waals surface area contributed by atoms with E-state index in [2.05, 4.69) is 29.4 Å². The van der Waals surface area contributed by atoms with E-state index in [1.165, 1.54) is 11.1 Å². The predicted octanol–water partition coefficient (Wildman–Crippen LogP) is 3.12. The lowest BCUT2D eigenvalue weighted by Gasteiger charge is -2.18. The van der Waals surface area contributed by atoms with E-state index in [0.29, 0.717) is 6.54 Å². The van der Waals surface area contributed by atoms with Gasteiger partial charge in [-0.3, -0.25) is 14.7 Å². The molecule has 1 amide bonds. The van der Waals surface area contributed by atoms with Crippen LogP contribution in [-0.2, 0) is 11.2 Å². The molecule has 0 saturated heterocycles.